The average Bonchev–Trinajstić information content (AvgIpc) is 3.13. The molecule has 1 unspecified atom stereocenters. The maximum absolute atomic E-state index is 12.9. The molecular formula is C28H27F3N2O5S. The number of carbonyl (C=O) groups excluding carboxylic acids is 2. The molecule has 2 amide bonds. The zero-order valence-electron chi connectivity index (χ0n) is 21.1. The number of halogens is 3. The lowest BCUT2D eigenvalue weighted by atomic mass is 10.1. The third-order valence-electron chi connectivity index (χ3n) is 6.45. The van der Waals surface area contributed by atoms with Gasteiger partial charge >= 0.3 is 6.18 Å². The molecule has 0 aromatic heterocycles. The normalized spacial score (nSPS) is 16.6. The molecule has 0 aliphatic carbocycles. The Labute approximate surface area is 224 Å². The van der Waals surface area contributed by atoms with Crippen molar-refractivity contribution in [3.8, 4) is 0 Å². The molecule has 11 heteroatoms. The van der Waals surface area contributed by atoms with Gasteiger partial charge in [-0.25, -0.2) is 8.42 Å². The second-order valence-corrected chi connectivity index (χ2v) is 11.3. The number of rotatable bonds is 7. The van der Waals surface area contributed by atoms with Crippen LogP contribution in [-0.2, 0) is 32.1 Å². The van der Waals surface area contributed by atoms with Crippen LogP contribution in [-0.4, -0.2) is 39.1 Å². The van der Waals surface area contributed by atoms with Crippen molar-refractivity contribution in [2.45, 2.75) is 37.1 Å². The van der Waals surface area contributed by atoms with Crippen LogP contribution in [0.2, 0.25) is 0 Å². The van der Waals surface area contributed by atoms with Crippen LogP contribution in [0, 0.1) is 0 Å². The summed E-state index contributed by atoms with van der Waals surface area (Å²) in [4.78, 5) is 27.1. The van der Waals surface area contributed by atoms with Gasteiger partial charge < -0.3 is 15.0 Å². The molecule has 39 heavy (non-hydrogen) atoms. The maximum atomic E-state index is 12.9. The minimum absolute atomic E-state index is 0.00480. The highest BCUT2D eigenvalue weighted by molar-refractivity contribution is 7.91. The predicted molar refractivity (Wildman–Crippen MR) is 139 cm³/mol. The van der Waals surface area contributed by atoms with E-state index in [2.05, 4.69) is 5.32 Å². The second kappa shape index (κ2) is 11.6. The molecule has 0 spiro atoms. The van der Waals surface area contributed by atoms with Gasteiger partial charge in [0.25, 0.3) is 5.91 Å². The summed E-state index contributed by atoms with van der Waals surface area (Å²) in [7, 11) is -3.30. The van der Waals surface area contributed by atoms with Gasteiger partial charge in [0.1, 0.15) is 6.10 Å². The summed E-state index contributed by atoms with van der Waals surface area (Å²) < 4.78 is 68.4. The van der Waals surface area contributed by atoms with E-state index in [1.54, 1.807) is 43.3 Å². The Hall–Kier alpha value is -3.70. The van der Waals surface area contributed by atoms with E-state index in [4.69, 9.17) is 4.74 Å². The number of nitrogens with zero attached hydrogens (tertiary/aromatic N) is 1. The molecule has 1 aliphatic heterocycles. The smallest absolute Gasteiger partial charge is 0.371 e. The van der Waals surface area contributed by atoms with E-state index in [1.807, 2.05) is 0 Å². The number of nitrogens with one attached hydrogen (secondary N) is 1. The van der Waals surface area contributed by atoms with Crippen LogP contribution in [0.25, 0.3) is 0 Å². The Bertz CT molecular complexity index is 1420. The number of anilines is 1. The molecule has 3 aromatic rings. The monoisotopic (exact) mass is 560 g/mol. The minimum Gasteiger partial charge on any atom is -0.371 e. The number of hydrogen-bond acceptors (Lipinski definition) is 5. The topological polar surface area (TPSA) is 92.8 Å². The Morgan fingerprint density at radius 1 is 1.00 bits per heavy atom. The lowest BCUT2D eigenvalue weighted by molar-refractivity contribution is -0.137. The van der Waals surface area contributed by atoms with Crippen LogP contribution in [0.5, 0.6) is 0 Å². The van der Waals surface area contributed by atoms with Gasteiger partial charge in [0.05, 0.1) is 35.8 Å². The van der Waals surface area contributed by atoms with Gasteiger partial charge in [-0.2, -0.15) is 13.2 Å². The first kappa shape index (κ1) is 28.3. The maximum Gasteiger partial charge on any atom is 0.416 e. The van der Waals surface area contributed by atoms with Crippen LogP contribution in [0.15, 0.2) is 77.7 Å². The Balaban J connectivity index is 1.41. The Morgan fingerprint density at radius 2 is 1.64 bits per heavy atom. The summed E-state index contributed by atoms with van der Waals surface area (Å²) in [6.45, 7) is 2.01. The molecule has 4 rings (SSSR count). The highest BCUT2D eigenvalue weighted by Crippen LogP contribution is 2.32. The summed E-state index contributed by atoms with van der Waals surface area (Å²) in [6.07, 6.45) is -4.95. The van der Waals surface area contributed by atoms with E-state index in [-0.39, 0.29) is 48.6 Å². The first-order valence-corrected chi connectivity index (χ1v) is 13.9. The lowest BCUT2D eigenvalue weighted by Crippen LogP contribution is -2.32. The summed E-state index contributed by atoms with van der Waals surface area (Å²) in [5.74, 6) is -0.541. The van der Waals surface area contributed by atoms with Crippen molar-refractivity contribution in [2.75, 3.05) is 23.8 Å². The highest BCUT2D eigenvalue weighted by Gasteiger charge is 2.31. The van der Waals surface area contributed by atoms with Gasteiger partial charge in [-0.3, -0.25) is 9.59 Å². The Kier molecular flexibility index (Phi) is 8.41. The van der Waals surface area contributed by atoms with Crippen LogP contribution in [0.1, 0.15) is 46.5 Å². The zero-order chi connectivity index (χ0) is 28.2. The van der Waals surface area contributed by atoms with Crippen molar-refractivity contribution in [3.05, 3.63) is 95.1 Å². The van der Waals surface area contributed by atoms with E-state index in [0.29, 0.717) is 16.8 Å². The van der Waals surface area contributed by atoms with E-state index < -0.39 is 27.7 Å². The standard InChI is InChI=1S/C28H27F3N2O5S/c1-2-39(36,37)24-13-3-19(4-14-24)17-32-27(35)21-7-11-23(12-8-21)33-18-25(38-16-15-26(33)34)20-5-9-22(10-6-20)28(29,30)31/h3-14,25H,2,15-18H2,1H3,(H,32,35). The van der Waals surface area contributed by atoms with Crippen molar-refractivity contribution in [3.63, 3.8) is 0 Å². The molecule has 0 radical (unpaired) electrons. The van der Waals surface area contributed by atoms with Gasteiger partial charge in [-0.15, -0.1) is 0 Å². The molecule has 1 saturated heterocycles. The van der Waals surface area contributed by atoms with Crippen molar-refractivity contribution < 1.29 is 35.9 Å². The van der Waals surface area contributed by atoms with Crippen LogP contribution < -0.4 is 10.2 Å². The molecule has 3 aromatic carbocycles. The lowest BCUT2D eigenvalue weighted by Gasteiger charge is -2.25. The average molecular weight is 561 g/mol. The third kappa shape index (κ3) is 6.85. The van der Waals surface area contributed by atoms with E-state index in [9.17, 15) is 31.2 Å². The molecule has 1 heterocycles. The number of carbonyl (C=O) groups is 2. The van der Waals surface area contributed by atoms with Gasteiger partial charge in [-0.1, -0.05) is 31.2 Å². The quantitative estimate of drug-likeness (QED) is 0.443. The fourth-order valence-corrected chi connectivity index (χ4v) is 5.02. The molecular weight excluding hydrogens is 533 g/mol. The number of alkyl halides is 3. The van der Waals surface area contributed by atoms with Crippen molar-refractivity contribution in [2.24, 2.45) is 0 Å². The zero-order valence-corrected chi connectivity index (χ0v) is 21.9. The summed E-state index contributed by atoms with van der Waals surface area (Å²) >= 11 is 0. The molecule has 206 valence electrons. The van der Waals surface area contributed by atoms with E-state index in [1.165, 1.54) is 29.2 Å². The van der Waals surface area contributed by atoms with Crippen molar-refractivity contribution in [1.29, 1.82) is 0 Å². The van der Waals surface area contributed by atoms with Gasteiger partial charge in [0.2, 0.25) is 5.91 Å². The van der Waals surface area contributed by atoms with Gasteiger partial charge in [0.15, 0.2) is 9.84 Å². The molecule has 0 bridgehead atoms. The number of benzene rings is 3. The van der Waals surface area contributed by atoms with Gasteiger partial charge in [-0.05, 0) is 59.7 Å². The van der Waals surface area contributed by atoms with Crippen molar-refractivity contribution >= 4 is 27.3 Å². The first-order chi connectivity index (χ1) is 18.5. The number of ether oxygens (including phenoxy) is 1. The molecule has 1 fully saturated rings. The third-order valence-corrected chi connectivity index (χ3v) is 8.20. The van der Waals surface area contributed by atoms with Crippen LogP contribution >= 0.6 is 0 Å². The number of sulfone groups is 1. The second-order valence-electron chi connectivity index (χ2n) is 9.01. The molecule has 0 saturated carbocycles. The molecule has 1 aliphatic rings. The largest absolute Gasteiger partial charge is 0.416 e. The van der Waals surface area contributed by atoms with Gasteiger partial charge in [0, 0.05) is 17.8 Å². The minimum atomic E-state index is -4.44. The summed E-state index contributed by atoms with van der Waals surface area (Å²) in [5, 5.41) is 2.78. The fraction of sp³-hybridized carbons (Fsp3) is 0.286. The number of amides is 2. The fourth-order valence-electron chi connectivity index (χ4n) is 4.14. The molecule has 1 N–H and O–H groups in total. The highest BCUT2D eigenvalue weighted by atomic mass is 32.2. The first-order valence-electron chi connectivity index (χ1n) is 12.3. The van der Waals surface area contributed by atoms with Crippen molar-refractivity contribution in [1.82, 2.24) is 5.32 Å². The molecule has 1 atom stereocenters. The van der Waals surface area contributed by atoms with Crippen LogP contribution in [0.4, 0.5) is 18.9 Å². The van der Waals surface area contributed by atoms with Crippen LogP contribution in [0.3, 0.4) is 0 Å². The number of hydrogen-bond donors (Lipinski definition) is 1. The SMILES string of the molecule is CCS(=O)(=O)c1ccc(CNC(=O)c2ccc(N3CC(c4ccc(C(F)(F)F)cc4)OCCC3=O)cc2)cc1. The predicted octanol–water partition coefficient (Wildman–Crippen LogP) is 4.92. The van der Waals surface area contributed by atoms with E-state index in [0.717, 1.165) is 17.7 Å². The Morgan fingerprint density at radius 3 is 2.23 bits per heavy atom. The summed E-state index contributed by atoms with van der Waals surface area (Å²) in [5.41, 5.74) is 1.40. The summed E-state index contributed by atoms with van der Waals surface area (Å²) in [6, 6.07) is 17.4. The van der Waals surface area contributed by atoms with E-state index >= 15 is 0 Å². The molecule has 7 nitrogen and oxygen atoms in total.